The number of aliphatic hydroxyl groups is 2. The Morgan fingerprint density at radius 2 is 2.31 bits per heavy atom. The second kappa shape index (κ2) is 8.51. The van der Waals surface area contributed by atoms with Crippen LogP contribution in [0.3, 0.4) is 0 Å². The first-order chi connectivity index (χ1) is 7.41. The maximum Gasteiger partial charge on any atom is 0.274 e. The predicted molar refractivity (Wildman–Crippen MR) is 63.0 cm³/mol. The van der Waals surface area contributed by atoms with E-state index in [-0.39, 0.29) is 18.8 Å². The first kappa shape index (κ1) is 15.4. The normalized spacial score (nSPS) is 9.56. The molecule has 0 bridgehead atoms. The number of aliphatic hydroxyl groups excluding tert-OH is 1. The Morgan fingerprint density at radius 3 is 2.69 bits per heavy atom. The summed E-state index contributed by atoms with van der Waals surface area (Å²) in [6, 6.07) is 0. The first-order valence-corrected chi connectivity index (χ1v) is 5.95. The van der Waals surface area contributed by atoms with Crippen LogP contribution in [0, 0.1) is 0 Å². The molecule has 0 atom stereocenters. The third kappa shape index (κ3) is 9.91. The van der Waals surface area contributed by atoms with E-state index in [9.17, 15) is 5.11 Å². The van der Waals surface area contributed by atoms with E-state index in [0.29, 0.717) is 5.19 Å². The van der Waals surface area contributed by atoms with Crippen LogP contribution >= 0.6 is 27.3 Å². The molecule has 0 unspecified atom stereocenters. The lowest BCUT2D eigenvalue weighted by molar-refractivity contribution is -0.300. The standard InChI is InChI=1S/C6H8BrNO3S.C3H6O/c7-4-3-8-6(12-4)11-2-1-5(9)10;1-3(2)4/h3,5,9-10H,1-2H2;4H,1H2,2H3/p-1. The predicted octanol–water partition coefficient (Wildman–Crippen LogP) is 0.865. The zero-order valence-electron chi connectivity index (χ0n) is 8.72. The van der Waals surface area contributed by atoms with Gasteiger partial charge in [0.25, 0.3) is 5.19 Å². The first-order valence-electron chi connectivity index (χ1n) is 4.34. The maximum absolute atomic E-state index is 9.33. The minimum absolute atomic E-state index is 0.0833. The maximum atomic E-state index is 9.33. The van der Waals surface area contributed by atoms with Crippen molar-refractivity contribution in [1.29, 1.82) is 0 Å². The smallest absolute Gasteiger partial charge is 0.274 e. The van der Waals surface area contributed by atoms with Gasteiger partial charge in [0.15, 0.2) is 6.29 Å². The molecule has 16 heavy (non-hydrogen) atoms. The van der Waals surface area contributed by atoms with Crippen LogP contribution in [-0.2, 0) is 0 Å². The van der Waals surface area contributed by atoms with E-state index in [1.165, 1.54) is 18.3 Å². The molecule has 0 aliphatic carbocycles. The van der Waals surface area contributed by atoms with Crippen molar-refractivity contribution in [3.63, 3.8) is 0 Å². The van der Waals surface area contributed by atoms with Crippen molar-refractivity contribution >= 4 is 27.3 Å². The van der Waals surface area contributed by atoms with Crippen molar-refractivity contribution in [2.24, 2.45) is 0 Å². The van der Waals surface area contributed by atoms with Crippen molar-refractivity contribution in [1.82, 2.24) is 4.98 Å². The summed E-state index contributed by atoms with van der Waals surface area (Å²) in [6.07, 6.45) is 0.514. The Bertz CT molecular complexity index is 312. The third-order valence-electron chi connectivity index (χ3n) is 1.06. The van der Waals surface area contributed by atoms with Gasteiger partial charge in [-0.05, 0) is 15.9 Å². The SMILES string of the molecule is C=C(C)[O-].OC(O)CCOc1ncc(Br)s1. The van der Waals surface area contributed by atoms with Crippen LogP contribution in [0.2, 0.25) is 0 Å². The van der Waals surface area contributed by atoms with Crippen LogP contribution in [0.4, 0.5) is 0 Å². The second-order valence-corrected chi connectivity index (χ2v) is 5.12. The lowest BCUT2D eigenvalue weighted by Crippen LogP contribution is -2.10. The summed E-state index contributed by atoms with van der Waals surface area (Å²) in [5.74, 6) is -0.0833. The van der Waals surface area contributed by atoms with Crippen LogP contribution in [0.25, 0.3) is 0 Å². The topological polar surface area (TPSA) is 85.6 Å². The molecule has 0 aliphatic rings. The highest BCUT2D eigenvalue weighted by Crippen LogP contribution is 2.25. The van der Waals surface area contributed by atoms with Crippen molar-refractivity contribution in [3.05, 3.63) is 22.3 Å². The number of thiazole rings is 1. The summed E-state index contributed by atoms with van der Waals surface area (Å²) in [4.78, 5) is 3.90. The molecule has 5 nitrogen and oxygen atoms in total. The summed E-state index contributed by atoms with van der Waals surface area (Å²) >= 11 is 4.59. The average molecular weight is 311 g/mol. The van der Waals surface area contributed by atoms with Gasteiger partial charge in [0.05, 0.1) is 16.6 Å². The van der Waals surface area contributed by atoms with E-state index in [4.69, 9.17) is 14.9 Å². The molecular formula is C9H13BrNO4S-. The minimum atomic E-state index is -1.31. The second-order valence-electron chi connectivity index (χ2n) is 2.75. The molecule has 1 aromatic rings. The Kier molecular flexibility index (Phi) is 8.18. The lowest BCUT2D eigenvalue weighted by atomic mass is 10.4. The number of hydrogen-bond acceptors (Lipinski definition) is 6. The van der Waals surface area contributed by atoms with Gasteiger partial charge in [-0.15, -0.1) is 12.3 Å². The molecule has 0 fully saturated rings. The van der Waals surface area contributed by atoms with E-state index in [1.807, 2.05) is 0 Å². The monoisotopic (exact) mass is 310 g/mol. The summed E-state index contributed by atoms with van der Waals surface area (Å²) in [5, 5.41) is 26.8. The van der Waals surface area contributed by atoms with E-state index < -0.39 is 6.29 Å². The molecule has 0 spiro atoms. The number of nitrogens with zero attached hydrogens (tertiary/aromatic N) is 1. The number of aromatic nitrogens is 1. The Morgan fingerprint density at radius 1 is 1.75 bits per heavy atom. The zero-order chi connectivity index (χ0) is 12.6. The fraction of sp³-hybridized carbons (Fsp3) is 0.444. The molecule has 1 aromatic heterocycles. The Labute approximate surface area is 106 Å². The highest BCUT2D eigenvalue weighted by molar-refractivity contribution is 9.11. The fourth-order valence-corrected chi connectivity index (χ4v) is 1.60. The van der Waals surface area contributed by atoms with E-state index in [2.05, 4.69) is 27.5 Å². The van der Waals surface area contributed by atoms with E-state index in [0.717, 1.165) is 3.79 Å². The molecule has 7 heteroatoms. The molecular weight excluding hydrogens is 298 g/mol. The number of ether oxygens (including phenoxy) is 1. The molecule has 0 saturated carbocycles. The van der Waals surface area contributed by atoms with Gasteiger partial charge in [0.1, 0.15) is 0 Å². The van der Waals surface area contributed by atoms with Crippen molar-refractivity contribution in [3.8, 4) is 5.19 Å². The highest BCUT2D eigenvalue weighted by atomic mass is 79.9. The van der Waals surface area contributed by atoms with Crippen LogP contribution in [0.1, 0.15) is 13.3 Å². The third-order valence-corrected chi connectivity index (χ3v) is 2.45. The average Bonchev–Trinajstić information content (AvgIpc) is 2.49. The van der Waals surface area contributed by atoms with E-state index >= 15 is 0 Å². The van der Waals surface area contributed by atoms with Gasteiger partial charge in [-0.1, -0.05) is 18.3 Å². The molecule has 0 amide bonds. The van der Waals surface area contributed by atoms with Crippen LogP contribution in [-0.4, -0.2) is 28.1 Å². The summed E-state index contributed by atoms with van der Waals surface area (Å²) < 4.78 is 5.99. The van der Waals surface area contributed by atoms with Crippen molar-refractivity contribution in [2.75, 3.05) is 6.61 Å². The molecule has 0 aromatic carbocycles. The molecule has 2 N–H and O–H groups in total. The highest BCUT2D eigenvalue weighted by Gasteiger charge is 2.01. The zero-order valence-corrected chi connectivity index (χ0v) is 11.1. The number of allylic oxidation sites excluding steroid dienone is 1. The number of halogens is 1. The Balaban J connectivity index is 0.000000487. The summed E-state index contributed by atoms with van der Waals surface area (Å²) in [5.41, 5.74) is 0. The van der Waals surface area contributed by atoms with Gasteiger partial charge in [-0.2, -0.15) is 0 Å². The molecule has 1 rings (SSSR count). The van der Waals surface area contributed by atoms with Gasteiger partial charge in [0, 0.05) is 6.42 Å². The van der Waals surface area contributed by atoms with Crippen molar-refractivity contribution < 1.29 is 20.1 Å². The van der Waals surface area contributed by atoms with Crippen LogP contribution in [0.5, 0.6) is 5.19 Å². The number of hydrogen-bond donors (Lipinski definition) is 2. The van der Waals surface area contributed by atoms with Crippen LogP contribution in [0.15, 0.2) is 22.3 Å². The molecule has 0 saturated heterocycles. The lowest BCUT2D eigenvalue weighted by Gasteiger charge is -2.02. The van der Waals surface area contributed by atoms with Crippen molar-refractivity contribution in [2.45, 2.75) is 19.6 Å². The number of rotatable bonds is 4. The molecule has 92 valence electrons. The Hall–Kier alpha value is -0.630. The quantitative estimate of drug-likeness (QED) is 0.636. The van der Waals surface area contributed by atoms with Gasteiger partial charge in [0.2, 0.25) is 0 Å². The minimum Gasteiger partial charge on any atom is -0.876 e. The molecule has 0 aliphatic heterocycles. The van der Waals surface area contributed by atoms with Gasteiger partial charge in [-0.25, -0.2) is 4.98 Å². The van der Waals surface area contributed by atoms with Gasteiger partial charge in [-0.3, -0.25) is 0 Å². The molecule has 1 heterocycles. The summed E-state index contributed by atoms with van der Waals surface area (Å²) in [6.45, 7) is 4.68. The van der Waals surface area contributed by atoms with Gasteiger partial charge >= 0.3 is 0 Å². The van der Waals surface area contributed by atoms with Gasteiger partial charge < -0.3 is 20.1 Å². The van der Waals surface area contributed by atoms with E-state index in [1.54, 1.807) is 6.20 Å². The largest absolute Gasteiger partial charge is 0.876 e. The summed E-state index contributed by atoms with van der Waals surface area (Å²) in [7, 11) is 0. The molecule has 0 radical (unpaired) electrons. The van der Waals surface area contributed by atoms with Crippen LogP contribution < -0.4 is 9.84 Å². The fourth-order valence-electron chi connectivity index (χ4n) is 0.558.